The van der Waals surface area contributed by atoms with Crippen LogP contribution in [0.3, 0.4) is 0 Å². The molecule has 1 heterocycles. The zero-order valence-corrected chi connectivity index (χ0v) is 14.5. The maximum atomic E-state index is 12.4. The maximum Gasteiger partial charge on any atom is 0.255 e. The quantitative estimate of drug-likeness (QED) is 0.676. The normalized spacial score (nSPS) is 11.7. The molecule has 5 nitrogen and oxygen atoms in total. The number of nitrogens with one attached hydrogen (secondary N) is 1. The zero-order valence-electron chi connectivity index (χ0n) is 14.5. The molecule has 0 saturated carbocycles. The van der Waals surface area contributed by atoms with Crippen LogP contribution in [0.4, 0.5) is 0 Å². The summed E-state index contributed by atoms with van der Waals surface area (Å²) in [6.07, 6.45) is 2.33. The molecule has 0 spiro atoms. The summed E-state index contributed by atoms with van der Waals surface area (Å²) in [6.45, 7) is 0.440. The topological polar surface area (TPSA) is 71.7 Å². The number of carbonyl (C=O) groups excluding carboxylic acids is 1. The summed E-state index contributed by atoms with van der Waals surface area (Å²) in [7, 11) is 1.52. The summed E-state index contributed by atoms with van der Waals surface area (Å²) in [5.74, 6) is 1.01. The Morgan fingerprint density at radius 1 is 1.15 bits per heavy atom. The molecule has 26 heavy (non-hydrogen) atoms. The highest BCUT2D eigenvalue weighted by Gasteiger charge is 2.18. The van der Waals surface area contributed by atoms with E-state index < -0.39 is 0 Å². The number of hydrogen-bond donors (Lipinski definition) is 2. The number of benzene rings is 2. The Labute approximate surface area is 152 Å². The summed E-state index contributed by atoms with van der Waals surface area (Å²) in [5, 5.41) is 12.8. The molecule has 3 rings (SSSR count). The molecule has 134 valence electrons. The molecule has 1 amide bonds. The largest absolute Gasteiger partial charge is 0.507 e. The number of phenolic OH excluding ortho intramolecular Hbond substituents is 1. The van der Waals surface area contributed by atoms with Gasteiger partial charge in [-0.15, -0.1) is 0 Å². The minimum Gasteiger partial charge on any atom is -0.507 e. The van der Waals surface area contributed by atoms with E-state index in [0.29, 0.717) is 18.7 Å². The number of methoxy groups -OCH3 is 1. The predicted octanol–water partition coefficient (Wildman–Crippen LogP) is 3.95. The molecule has 0 aliphatic rings. The van der Waals surface area contributed by atoms with Crippen LogP contribution >= 0.6 is 0 Å². The van der Waals surface area contributed by atoms with Gasteiger partial charge in [-0.3, -0.25) is 4.79 Å². The van der Waals surface area contributed by atoms with Gasteiger partial charge in [0.05, 0.1) is 18.9 Å². The van der Waals surface area contributed by atoms with Crippen LogP contribution in [0.25, 0.3) is 0 Å². The van der Waals surface area contributed by atoms with Crippen molar-refractivity contribution < 1.29 is 19.1 Å². The summed E-state index contributed by atoms with van der Waals surface area (Å²) < 4.78 is 10.7. The third-order valence-corrected chi connectivity index (χ3v) is 4.26. The van der Waals surface area contributed by atoms with E-state index in [4.69, 9.17) is 9.15 Å². The van der Waals surface area contributed by atoms with Crippen molar-refractivity contribution in [3.63, 3.8) is 0 Å². The Morgan fingerprint density at radius 3 is 2.65 bits per heavy atom. The Hall–Kier alpha value is -3.21. The maximum absolute atomic E-state index is 12.4. The second-order valence-electron chi connectivity index (χ2n) is 5.91. The molecule has 1 unspecified atom stereocenters. The minimum atomic E-state index is -0.340. The molecule has 0 bridgehead atoms. The Bertz CT molecular complexity index is 844. The Balaban J connectivity index is 1.68. The molecule has 1 aromatic heterocycles. The van der Waals surface area contributed by atoms with Crippen molar-refractivity contribution in [2.24, 2.45) is 0 Å². The average molecular weight is 351 g/mol. The molecule has 0 aliphatic heterocycles. The fraction of sp³-hybridized carbons (Fsp3) is 0.190. The lowest BCUT2D eigenvalue weighted by atomic mass is 9.93. The van der Waals surface area contributed by atoms with Crippen molar-refractivity contribution in [3.8, 4) is 11.5 Å². The molecule has 1 atom stereocenters. The van der Waals surface area contributed by atoms with Crippen LogP contribution in [-0.2, 0) is 0 Å². The molecular weight excluding hydrogens is 330 g/mol. The number of furan rings is 1. The first-order valence-corrected chi connectivity index (χ1v) is 8.42. The third-order valence-electron chi connectivity index (χ3n) is 4.26. The Kier molecular flexibility index (Phi) is 5.59. The molecule has 5 heteroatoms. The van der Waals surface area contributed by atoms with Crippen molar-refractivity contribution in [1.29, 1.82) is 0 Å². The summed E-state index contributed by atoms with van der Waals surface area (Å²) in [5.41, 5.74) is 1.32. The Morgan fingerprint density at radius 2 is 1.96 bits per heavy atom. The molecule has 2 N–H and O–H groups in total. The smallest absolute Gasteiger partial charge is 0.255 e. The van der Waals surface area contributed by atoms with Crippen molar-refractivity contribution >= 4 is 5.91 Å². The van der Waals surface area contributed by atoms with Gasteiger partial charge in [0, 0.05) is 12.5 Å². The van der Waals surface area contributed by atoms with Crippen molar-refractivity contribution in [2.75, 3.05) is 13.7 Å². The SMILES string of the molecule is COc1ccc(O)c(C(=O)NCCC(c2ccccc2)c2ccco2)c1. The van der Waals surface area contributed by atoms with Gasteiger partial charge in [0.25, 0.3) is 5.91 Å². The van der Waals surface area contributed by atoms with Crippen LogP contribution in [0.2, 0.25) is 0 Å². The average Bonchev–Trinajstić information content (AvgIpc) is 3.20. The number of amides is 1. The van der Waals surface area contributed by atoms with E-state index in [1.807, 2.05) is 42.5 Å². The van der Waals surface area contributed by atoms with Crippen LogP contribution in [0.1, 0.15) is 34.0 Å². The van der Waals surface area contributed by atoms with Gasteiger partial charge in [0.1, 0.15) is 17.3 Å². The number of ether oxygens (including phenoxy) is 1. The number of aromatic hydroxyl groups is 1. The predicted molar refractivity (Wildman–Crippen MR) is 98.6 cm³/mol. The van der Waals surface area contributed by atoms with Crippen LogP contribution in [0.15, 0.2) is 71.3 Å². The van der Waals surface area contributed by atoms with Crippen LogP contribution in [-0.4, -0.2) is 24.7 Å². The number of rotatable bonds is 7. The van der Waals surface area contributed by atoms with Crippen LogP contribution in [0.5, 0.6) is 11.5 Å². The highest BCUT2D eigenvalue weighted by Crippen LogP contribution is 2.28. The fourth-order valence-electron chi connectivity index (χ4n) is 2.90. The van der Waals surface area contributed by atoms with E-state index in [1.54, 1.807) is 12.3 Å². The van der Waals surface area contributed by atoms with E-state index in [9.17, 15) is 9.90 Å². The van der Waals surface area contributed by atoms with Crippen molar-refractivity contribution in [2.45, 2.75) is 12.3 Å². The number of carbonyl (C=O) groups is 1. The van der Waals surface area contributed by atoms with Gasteiger partial charge in [-0.2, -0.15) is 0 Å². The highest BCUT2D eigenvalue weighted by atomic mass is 16.5. The number of hydrogen-bond acceptors (Lipinski definition) is 4. The third kappa shape index (κ3) is 4.06. The van der Waals surface area contributed by atoms with Gasteiger partial charge >= 0.3 is 0 Å². The fourth-order valence-corrected chi connectivity index (χ4v) is 2.90. The van der Waals surface area contributed by atoms with E-state index in [0.717, 1.165) is 11.3 Å². The molecule has 0 radical (unpaired) electrons. The van der Waals surface area contributed by atoms with Crippen LogP contribution < -0.4 is 10.1 Å². The zero-order chi connectivity index (χ0) is 18.4. The van der Waals surface area contributed by atoms with E-state index in [1.165, 1.54) is 19.2 Å². The molecule has 0 saturated heterocycles. The van der Waals surface area contributed by atoms with Crippen molar-refractivity contribution in [3.05, 3.63) is 83.8 Å². The van der Waals surface area contributed by atoms with Gasteiger partial charge < -0.3 is 19.6 Å². The van der Waals surface area contributed by atoms with Gasteiger partial charge in [0.15, 0.2) is 0 Å². The van der Waals surface area contributed by atoms with Crippen LogP contribution in [0, 0.1) is 0 Å². The summed E-state index contributed by atoms with van der Waals surface area (Å²) >= 11 is 0. The van der Waals surface area contributed by atoms with Gasteiger partial charge in [-0.25, -0.2) is 0 Å². The monoisotopic (exact) mass is 351 g/mol. The van der Waals surface area contributed by atoms with Gasteiger partial charge in [-0.05, 0) is 42.3 Å². The molecule has 3 aromatic rings. The molecule has 0 fully saturated rings. The van der Waals surface area contributed by atoms with Crippen molar-refractivity contribution in [1.82, 2.24) is 5.32 Å². The van der Waals surface area contributed by atoms with E-state index in [-0.39, 0.29) is 23.1 Å². The van der Waals surface area contributed by atoms with Gasteiger partial charge in [0.2, 0.25) is 0 Å². The van der Waals surface area contributed by atoms with Gasteiger partial charge in [-0.1, -0.05) is 30.3 Å². The lowest BCUT2D eigenvalue weighted by molar-refractivity contribution is 0.0949. The van der Waals surface area contributed by atoms with E-state index in [2.05, 4.69) is 5.32 Å². The molecular formula is C21H21NO4. The summed E-state index contributed by atoms with van der Waals surface area (Å²) in [4.78, 5) is 12.4. The minimum absolute atomic E-state index is 0.0467. The lowest BCUT2D eigenvalue weighted by Crippen LogP contribution is -2.26. The van der Waals surface area contributed by atoms with E-state index >= 15 is 0 Å². The highest BCUT2D eigenvalue weighted by molar-refractivity contribution is 5.97. The standard InChI is InChI=1S/C21H21NO4/c1-25-16-9-10-19(23)18(14-16)21(24)22-12-11-17(20-8-5-13-26-20)15-6-3-2-4-7-15/h2-10,13-14,17,23H,11-12H2,1H3,(H,22,24). The number of phenols is 1. The molecule has 2 aromatic carbocycles. The second-order valence-corrected chi connectivity index (χ2v) is 5.91. The first kappa shape index (κ1) is 17.6. The first-order chi connectivity index (χ1) is 12.7. The lowest BCUT2D eigenvalue weighted by Gasteiger charge is -2.16. The summed E-state index contributed by atoms with van der Waals surface area (Å²) in [6, 6.07) is 18.4. The first-order valence-electron chi connectivity index (χ1n) is 8.42. The second kappa shape index (κ2) is 8.25. The molecule has 0 aliphatic carbocycles.